The number of carbonyl (C=O) groups is 21. The van der Waals surface area contributed by atoms with Gasteiger partial charge in [0, 0.05) is 85.4 Å². The number of nitrogens with two attached hydrogens (primary N) is 3. The number of H-pyrrole nitrogens is 2. The SMILES string of the molecule is CC(C)[C@H](NC(=O)[C@H](C)NC(=O)[C@H](CCC(N)=O)NC(=O)c1ccc2c(c1)C(=O)OC21c2ccc(O)cc2Oc2cc(O)ccc21)C(=O)N[C@@H](Cc1c[nH]cn1)C(=O)N[C@@H](C)C(=O)N[C@@H](C)C(=O)N[C@@H](Cc1c[nH]cn1)C(=O)N[C@@H](C)C(=O)N[C@@H](CCC(=O)O)C(=O)N[C@@H](C)C(=O)N[C@@H](CC(N)=O)C(=O)N[C@@H](CCC(=O)O)C(=O)N[C@@H](C)C(=O)NCC(=O)N[C@@H](CCCNC(=N)N)C(=O)O. The van der Waals surface area contributed by atoms with Crippen molar-refractivity contribution in [2.24, 2.45) is 23.1 Å². The molecule has 52 nitrogen and oxygen atoms in total. The maximum Gasteiger partial charge on any atom is 0.340 e. The fourth-order valence-corrected chi connectivity index (χ4v) is 13.7. The number of phenols is 2. The number of phenolic OH excluding ortho intramolecular Hbond substituents is 2. The molecule has 0 saturated heterocycles. The Morgan fingerprint density at radius 1 is 0.430 bits per heavy atom. The number of carboxylic acid groups (broad SMARTS) is 3. The summed E-state index contributed by atoms with van der Waals surface area (Å²) in [5, 5.41) is 94.1. The highest BCUT2D eigenvalue weighted by molar-refractivity contribution is 6.05. The molecule has 0 radical (unpaired) electrons. The molecule has 2 aliphatic heterocycles. The molecule has 7 rings (SSSR count). The number of benzene rings is 3. The Morgan fingerprint density at radius 3 is 1.27 bits per heavy atom. The number of carboxylic acids is 3. The number of aromatic amines is 2. The Kier molecular flexibility index (Phi) is 38.0. The first-order valence-electron chi connectivity index (χ1n) is 42.1. The molecule has 0 saturated carbocycles. The molecule has 5 aromatic rings. The first kappa shape index (κ1) is 106. The number of nitrogens with one attached hydrogen (secondary N) is 19. The second-order valence-electron chi connectivity index (χ2n) is 32.0. The fourth-order valence-electron chi connectivity index (χ4n) is 13.7. The number of ether oxygens (including phenoxy) is 2. The number of rotatable bonds is 51. The van der Waals surface area contributed by atoms with Gasteiger partial charge in [0.25, 0.3) is 5.91 Å². The minimum atomic E-state index is -1.98. The van der Waals surface area contributed by atoms with E-state index in [2.05, 4.69) is 105 Å². The molecule has 17 amide bonds. The van der Waals surface area contributed by atoms with Crippen molar-refractivity contribution in [3.8, 4) is 23.0 Å². The van der Waals surface area contributed by atoms with Gasteiger partial charge in [-0.15, -0.1) is 0 Å². The van der Waals surface area contributed by atoms with Gasteiger partial charge in [-0.2, -0.15) is 0 Å². The van der Waals surface area contributed by atoms with E-state index in [0.29, 0.717) is 11.1 Å². The number of imidazole rings is 2. The predicted molar refractivity (Wildman–Crippen MR) is 464 cm³/mol. The average molecular weight is 1890 g/mol. The van der Waals surface area contributed by atoms with Gasteiger partial charge in [0.1, 0.15) is 108 Å². The molecule has 30 N–H and O–H groups in total. The minimum absolute atomic E-state index is 0.0814. The lowest BCUT2D eigenvalue weighted by molar-refractivity contribution is -0.142. The Bertz CT molecular complexity index is 5270. The number of aromatic nitrogens is 4. The van der Waals surface area contributed by atoms with E-state index in [1.807, 2.05) is 0 Å². The summed E-state index contributed by atoms with van der Waals surface area (Å²) in [5.41, 5.74) is 15.4. The fraction of sp³-hybridized carbons (Fsp3) is 0.446. The molecule has 0 aliphatic carbocycles. The third kappa shape index (κ3) is 30.6. The van der Waals surface area contributed by atoms with E-state index in [1.165, 1.54) is 114 Å². The lowest BCUT2D eigenvalue weighted by Crippen LogP contribution is -2.60. The molecule has 0 bridgehead atoms. The molecule has 1 spiro atoms. The molecule has 2 aliphatic rings. The Labute approximate surface area is 767 Å². The van der Waals surface area contributed by atoms with E-state index >= 15 is 0 Å². The molecule has 728 valence electrons. The van der Waals surface area contributed by atoms with Crippen molar-refractivity contribution in [1.82, 2.24) is 105 Å². The summed E-state index contributed by atoms with van der Waals surface area (Å²) < 4.78 is 12.1. The van der Waals surface area contributed by atoms with Crippen LogP contribution in [-0.4, -0.2) is 273 Å². The summed E-state index contributed by atoms with van der Waals surface area (Å²) in [4.78, 5) is 294. The lowest BCUT2D eigenvalue weighted by atomic mass is 9.77. The van der Waals surface area contributed by atoms with E-state index in [4.69, 9.17) is 32.1 Å². The number of nitrogens with zero attached hydrogens (tertiary/aromatic N) is 2. The predicted octanol–water partition coefficient (Wildman–Crippen LogP) is -6.89. The van der Waals surface area contributed by atoms with Gasteiger partial charge in [-0.1, -0.05) is 19.9 Å². The number of hydrogen-bond acceptors (Lipinski definition) is 28. The third-order valence-electron chi connectivity index (χ3n) is 20.9. The van der Waals surface area contributed by atoms with E-state index < -0.39 is 272 Å². The maximum atomic E-state index is 14.3. The van der Waals surface area contributed by atoms with Crippen molar-refractivity contribution in [3.05, 3.63) is 119 Å². The number of esters is 1. The van der Waals surface area contributed by atoms with Gasteiger partial charge in [-0.05, 0) is 116 Å². The van der Waals surface area contributed by atoms with Crippen molar-refractivity contribution >= 4 is 130 Å². The summed E-state index contributed by atoms with van der Waals surface area (Å²) >= 11 is 0. The summed E-state index contributed by atoms with van der Waals surface area (Å²) in [5.74, 6) is -24.7. The van der Waals surface area contributed by atoms with Gasteiger partial charge in [0.2, 0.25) is 94.5 Å². The highest BCUT2D eigenvalue weighted by Gasteiger charge is 2.54. The van der Waals surface area contributed by atoms with Crippen LogP contribution in [0.5, 0.6) is 23.0 Å². The van der Waals surface area contributed by atoms with Crippen molar-refractivity contribution in [2.75, 3.05) is 13.1 Å². The molecule has 0 fully saturated rings. The van der Waals surface area contributed by atoms with Crippen molar-refractivity contribution in [1.29, 1.82) is 5.41 Å². The van der Waals surface area contributed by atoms with Gasteiger partial charge in [-0.25, -0.2) is 19.6 Å². The molecule has 52 heteroatoms. The van der Waals surface area contributed by atoms with Crippen LogP contribution in [-0.2, 0) is 114 Å². The van der Waals surface area contributed by atoms with Crippen LogP contribution in [0.1, 0.15) is 162 Å². The second-order valence-corrected chi connectivity index (χ2v) is 32.0. The van der Waals surface area contributed by atoms with Crippen LogP contribution < -0.4 is 107 Å². The summed E-state index contributed by atoms with van der Waals surface area (Å²) in [6.45, 7) is 9.33. The average Bonchev–Trinajstić information content (AvgIpc) is 1.56. The number of aromatic hydroxyl groups is 2. The molecule has 14 atom stereocenters. The number of primary amides is 2. The maximum absolute atomic E-state index is 14.3. The third-order valence-corrected chi connectivity index (χ3v) is 20.9. The second kappa shape index (κ2) is 48.5. The van der Waals surface area contributed by atoms with Gasteiger partial charge in [0.15, 0.2) is 11.6 Å². The van der Waals surface area contributed by atoms with Crippen molar-refractivity contribution in [2.45, 2.75) is 216 Å². The lowest BCUT2D eigenvalue weighted by Gasteiger charge is -2.36. The van der Waals surface area contributed by atoms with E-state index in [-0.39, 0.29) is 89.3 Å². The number of carbonyl (C=O) groups excluding carboxylic acids is 18. The van der Waals surface area contributed by atoms with Gasteiger partial charge >= 0.3 is 23.9 Å². The summed E-state index contributed by atoms with van der Waals surface area (Å²) in [6, 6.07) is -10.4. The van der Waals surface area contributed by atoms with Gasteiger partial charge in [0.05, 0.1) is 42.6 Å². The quantitative estimate of drug-likeness (QED) is 0.00745. The van der Waals surface area contributed by atoms with Gasteiger partial charge < -0.3 is 147 Å². The highest BCUT2D eigenvalue weighted by atomic mass is 16.6. The number of amides is 17. The highest BCUT2D eigenvalue weighted by Crippen LogP contribution is 2.57. The zero-order valence-corrected chi connectivity index (χ0v) is 74.1. The van der Waals surface area contributed by atoms with Crippen LogP contribution >= 0.6 is 0 Å². The van der Waals surface area contributed by atoms with Gasteiger partial charge in [-0.3, -0.25) is 96.5 Å². The number of guanidine groups is 1. The number of aliphatic carboxylic acids is 3. The van der Waals surface area contributed by atoms with Crippen LogP contribution in [0.15, 0.2) is 79.6 Å². The first-order valence-corrected chi connectivity index (χ1v) is 42.1. The number of fused-ring (bicyclic) bond motifs is 6. The standard InChI is InChI=1S/C83H108N24O28/c1-35(2)65(107-71(122)41(8)97-73(124)51(17-20-60(84)110)102-72(123)42-11-14-48-47(24-42)81(133)135-83(48)49-15-12-45(108)27-58(49)134-59-28-46(109)13-16-50(59)83)79(130)106-56(26-44-31-89-34-93-44)77(128)98-37(4)67(118)94-38(5)69(120)104-55(25-43-30-88-33-92-43)76(127)99-39(6)68(119)101-52(18-21-63(113)114)74(125)96-40(7)70(121)105-57(29-61(85)111)78(129)103-53(19-22-64(115)116)75(126)95-36(3)66(117)91-32-62(112)100-54(80(131)132)10-9-23-90-82(86)87/h11-16,24,27-28,30-31,33-41,51-57,65,108-109H,9-10,17-23,25-26,29,32H2,1-8H3,(H2,84,110)(H2,85,111)(H,88,92)(H,89,93)(H,91,117)(H,94,118)(H,95,126)(H,96,125)(H,97,124)(H,98,128)(H,99,127)(H,100,112)(H,101,119)(H,102,123)(H,103,129)(H,104,120)(H,105,121)(H,106,130)(H,107,122)(H,113,114)(H,115,116)(H,131,132)(H4,86,87,90)/t36-,37-,38-,39-,40-,41-,51-,52-,53-,54-,55-,56-,57-,65-/m0/s1. The van der Waals surface area contributed by atoms with E-state index in [9.17, 15) is 126 Å². The van der Waals surface area contributed by atoms with Crippen molar-refractivity contribution in [3.63, 3.8) is 0 Å². The molecular weight excluding hydrogens is 1780 g/mol. The zero-order valence-electron chi connectivity index (χ0n) is 74.1. The van der Waals surface area contributed by atoms with Crippen LogP contribution in [0.4, 0.5) is 0 Å². The van der Waals surface area contributed by atoms with Crippen LogP contribution in [0, 0.1) is 11.3 Å². The Morgan fingerprint density at radius 2 is 0.830 bits per heavy atom. The molecular formula is C83H108N24O28. The molecule has 4 heterocycles. The molecule has 3 aromatic carbocycles. The summed E-state index contributed by atoms with van der Waals surface area (Å²) in [6.07, 6.45) is -0.158. The minimum Gasteiger partial charge on any atom is -0.508 e. The molecule has 0 unspecified atom stereocenters. The van der Waals surface area contributed by atoms with E-state index in [0.717, 1.165) is 20.8 Å². The monoisotopic (exact) mass is 1890 g/mol. The van der Waals surface area contributed by atoms with Crippen LogP contribution in [0.2, 0.25) is 0 Å². The molecule has 135 heavy (non-hydrogen) atoms. The van der Waals surface area contributed by atoms with Crippen LogP contribution in [0.3, 0.4) is 0 Å². The first-order chi connectivity index (χ1) is 63.5. The van der Waals surface area contributed by atoms with Crippen LogP contribution in [0.25, 0.3) is 0 Å². The largest absolute Gasteiger partial charge is 0.508 e. The normalized spacial score (nSPS) is 15.0. The number of hydrogen-bond donors (Lipinski definition) is 27. The smallest absolute Gasteiger partial charge is 0.340 e. The molecule has 2 aromatic heterocycles. The topological polar surface area (TPSA) is 830 Å². The zero-order chi connectivity index (χ0) is 100. The Hall–Kier alpha value is -16.4. The van der Waals surface area contributed by atoms with Crippen molar-refractivity contribution < 1.29 is 136 Å². The summed E-state index contributed by atoms with van der Waals surface area (Å²) in [7, 11) is 0. The van der Waals surface area contributed by atoms with E-state index in [1.54, 1.807) is 0 Å². The Balaban J connectivity index is 0.929.